The molecule has 0 N–H and O–H groups in total. The van der Waals surface area contributed by atoms with Crippen LogP contribution in [0.15, 0.2) is 0 Å². The van der Waals surface area contributed by atoms with Gasteiger partial charge in [-0.1, -0.05) is 40.0 Å². The van der Waals surface area contributed by atoms with E-state index in [0.717, 1.165) is 0 Å². The summed E-state index contributed by atoms with van der Waals surface area (Å²) in [5.74, 6) is 0. The van der Waals surface area contributed by atoms with Gasteiger partial charge in [0.2, 0.25) is 10.4 Å². The summed E-state index contributed by atoms with van der Waals surface area (Å²) in [7, 11) is -4.42. The highest BCUT2D eigenvalue weighted by Gasteiger charge is 2.22. The van der Waals surface area contributed by atoms with Crippen LogP contribution in [0.5, 0.6) is 0 Å². The summed E-state index contributed by atoms with van der Waals surface area (Å²) in [5, 5.41) is 0. The standard InChI is InChI=1S/C14H32N.C2H6O4S/c1-5-9-12-15(8-4,13-10-6-2)14-11-7-3;1-2-6-7(3,4)5/h5-14H2,1-4H3;2H2,1H3,(H,3,4,5)/q+1;/p-1. The van der Waals surface area contributed by atoms with Gasteiger partial charge in [-0.25, -0.2) is 8.42 Å². The monoisotopic (exact) mass is 339 g/mol. The van der Waals surface area contributed by atoms with E-state index in [1.807, 2.05) is 0 Å². The molecular formula is C16H37NO4S. The molecule has 0 unspecified atom stereocenters. The molecule has 0 saturated heterocycles. The molecule has 0 rings (SSSR count). The maximum absolute atomic E-state index is 9.45. The van der Waals surface area contributed by atoms with E-state index < -0.39 is 10.4 Å². The zero-order valence-corrected chi connectivity index (χ0v) is 16.1. The molecule has 0 aromatic carbocycles. The summed E-state index contributed by atoms with van der Waals surface area (Å²) in [5.41, 5.74) is 0. The number of hydrogen-bond acceptors (Lipinski definition) is 4. The molecular weight excluding hydrogens is 302 g/mol. The molecule has 136 valence electrons. The van der Waals surface area contributed by atoms with E-state index in [-0.39, 0.29) is 6.61 Å². The molecule has 0 amide bonds. The fourth-order valence-electron chi connectivity index (χ4n) is 2.43. The minimum Gasteiger partial charge on any atom is -0.726 e. The summed E-state index contributed by atoms with van der Waals surface area (Å²) >= 11 is 0. The third-order valence-corrected chi connectivity index (χ3v) is 4.42. The minimum absolute atomic E-state index is 0.0914. The van der Waals surface area contributed by atoms with Gasteiger partial charge in [-0.3, -0.25) is 4.18 Å². The summed E-state index contributed by atoms with van der Waals surface area (Å²) in [6.07, 6.45) is 8.25. The third kappa shape index (κ3) is 14.8. The number of rotatable bonds is 12. The molecule has 5 nitrogen and oxygen atoms in total. The fraction of sp³-hybridized carbons (Fsp3) is 1.00. The number of quaternary nitrogens is 1. The van der Waals surface area contributed by atoms with Gasteiger partial charge in [-0.05, 0) is 33.1 Å². The molecule has 6 heteroatoms. The Hall–Kier alpha value is -0.170. The van der Waals surface area contributed by atoms with Gasteiger partial charge in [0.05, 0.1) is 32.8 Å². The Morgan fingerprint density at radius 2 is 1.18 bits per heavy atom. The topological polar surface area (TPSA) is 66.4 Å². The molecule has 0 aromatic heterocycles. The van der Waals surface area contributed by atoms with E-state index in [4.69, 9.17) is 0 Å². The van der Waals surface area contributed by atoms with E-state index >= 15 is 0 Å². The first-order valence-corrected chi connectivity index (χ1v) is 10.1. The van der Waals surface area contributed by atoms with Crippen LogP contribution in [0.2, 0.25) is 0 Å². The van der Waals surface area contributed by atoms with Crippen LogP contribution in [-0.2, 0) is 14.6 Å². The normalized spacial score (nSPS) is 11.9. The highest BCUT2D eigenvalue weighted by Crippen LogP contribution is 2.14. The first-order chi connectivity index (χ1) is 10.3. The maximum Gasteiger partial charge on any atom is 0.217 e. The van der Waals surface area contributed by atoms with Crippen molar-refractivity contribution in [3.8, 4) is 0 Å². The predicted octanol–water partition coefficient (Wildman–Crippen LogP) is 3.71. The van der Waals surface area contributed by atoms with E-state index in [1.165, 1.54) is 76.1 Å². The summed E-state index contributed by atoms with van der Waals surface area (Å²) in [4.78, 5) is 0. The average Bonchev–Trinajstić information content (AvgIpc) is 2.46. The average molecular weight is 340 g/mol. The Kier molecular flexibility index (Phi) is 15.8. The molecule has 0 radical (unpaired) electrons. The molecule has 0 aliphatic heterocycles. The van der Waals surface area contributed by atoms with E-state index in [1.54, 1.807) is 0 Å². The smallest absolute Gasteiger partial charge is 0.217 e. The van der Waals surface area contributed by atoms with Gasteiger partial charge in [0.15, 0.2) is 0 Å². The molecule has 22 heavy (non-hydrogen) atoms. The van der Waals surface area contributed by atoms with Gasteiger partial charge in [0.25, 0.3) is 0 Å². The van der Waals surface area contributed by atoms with Gasteiger partial charge >= 0.3 is 0 Å². The fourth-order valence-corrected chi connectivity index (χ4v) is 2.72. The van der Waals surface area contributed by atoms with Crippen molar-refractivity contribution in [2.24, 2.45) is 0 Å². The summed E-state index contributed by atoms with van der Waals surface area (Å²) in [6.45, 7) is 16.2. The van der Waals surface area contributed by atoms with Crippen molar-refractivity contribution in [3.63, 3.8) is 0 Å². The molecule has 0 bridgehead atoms. The van der Waals surface area contributed by atoms with Crippen molar-refractivity contribution in [2.75, 3.05) is 32.8 Å². The van der Waals surface area contributed by atoms with Crippen molar-refractivity contribution in [2.45, 2.75) is 73.1 Å². The first kappa shape index (κ1) is 24.1. The molecule has 0 aromatic rings. The molecule has 0 saturated carbocycles. The highest BCUT2D eigenvalue weighted by molar-refractivity contribution is 7.80. The van der Waals surface area contributed by atoms with Gasteiger partial charge < -0.3 is 9.04 Å². The van der Waals surface area contributed by atoms with E-state index in [2.05, 4.69) is 31.9 Å². The van der Waals surface area contributed by atoms with Crippen LogP contribution in [-0.4, -0.2) is 50.2 Å². The van der Waals surface area contributed by atoms with E-state index in [0.29, 0.717) is 0 Å². The van der Waals surface area contributed by atoms with Crippen LogP contribution in [0.25, 0.3) is 0 Å². The Morgan fingerprint density at radius 3 is 1.32 bits per heavy atom. The van der Waals surface area contributed by atoms with Crippen LogP contribution in [0.1, 0.15) is 73.1 Å². The Labute approximate surface area is 138 Å². The van der Waals surface area contributed by atoms with Gasteiger partial charge in [-0.2, -0.15) is 0 Å². The van der Waals surface area contributed by atoms with Crippen LogP contribution in [0.4, 0.5) is 0 Å². The third-order valence-electron chi connectivity index (χ3n) is 3.89. The zero-order chi connectivity index (χ0) is 17.5. The molecule has 0 heterocycles. The molecule has 0 aliphatic carbocycles. The Balaban J connectivity index is 0. The van der Waals surface area contributed by atoms with E-state index in [9.17, 15) is 13.0 Å². The SMILES string of the molecule is CCCC[N+](CC)(CCCC)CCCC.CCOS(=O)(=O)[O-]. The molecule has 0 spiro atoms. The van der Waals surface area contributed by atoms with Gasteiger partial charge in [0.1, 0.15) is 0 Å². The maximum atomic E-state index is 9.45. The minimum atomic E-state index is -4.42. The Bertz CT molecular complexity index is 309. The lowest BCUT2D eigenvalue weighted by atomic mass is 10.1. The summed E-state index contributed by atoms with van der Waals surface area (Å²) in [6, 6.07) is 0. The van der Waals surface area contributed by atoms with Crippen molar-refractivity contribution in [3.05, 3.63) is 0 Å². The van der Waals surface area contributed by atoms with Crippen molar-refractivity contribution in [1.29, 1.82) is 0 Å². The second kappa shape index (κ2) is 14.4. The van der Waals surface area contributed by atoms with Crippen molar-refractivity contribution in [1.82, 2.24) is 0 Å². The largest absolute Gasteiger partial charge is 0.726 e. The van der Waals surface area contributed by atoms with Crippen LogP contribution < -0.4 is 0 Å². The lowest BCUT2D eigenvalue weighted by Gasteiger charge is -2.38. The number of unbranched alkanes of at least 4 members (excludes halogenated alkanes) is 3. The number of hydrogen-bond donors (Lipinski definition) is 0. The lowest BCUT2D eigenvalue weighted by Crippen LogP contribution is -2.49. The Morgan fingerprint density at radius 1 is 0.818 bits per heavy atom. The zero-order valence-electron chi connectivity index (χ0n) is 15.3. The second-order valence-electron chi connectivity index (χ2n) is 5.70. The van der Waals surface area contributed by atoms with Gasteiger partial charge in [0, 0.05) is 0 Å². The molecule has 0 fully saturated rings. The molecule has 0 aliphatic rings. The van der Waals surface area contributed by atoms with Crippen molar-refractivity contribution < 1.29 is 21.6 Å². The van der Waals surface area contributed by atoms with Crippen LogP contribution >= 0.6 is 0 Å². The molecule has 0 atom stereocenters. The lowest BCUT2D eigenvalue weighted by molar-refractivity contribution is -0.927. The summed E-state index contributed by atoms with van der Waals surface area (Å²) < 4.78 is 33.4. The van der Waals surface area contributed by atoms with Gasteiger partial charge in [-0.15, -0.1) is 0 Å². The predicted molar refractivity (Wildman–Crippen MR) is 91.4 cm³/mol. The van der Waals surface area contributed by atoms with Crippen LogP contribution in [0.3, 0.4) is 0 Å². The first-order valence-electron chi connectivity index (χ1n) is 8.76. The number of nitrogens with zero attached hydrogens (tertiary/aromatic N) is 1. The van der Waals surface area contributed by atoms with Crippen molar-refractivity contribution >= 4 is 10.4 Å². The highest BCUT2D eigenvalue weighted by atomic mass is 32.3. The van der Waals surface area contributed by atoms with Crippen LogP contribution in [0, 0.1) is 0 Å². The quantitative estimate of drug-likeness (QED) is 0.309. The second-order valence-corrected chi connectivity index (χ2v) is 6.76.